The standard InChI is InChI=1S/C22H19F3N4O4/c23-22(24,25)21(31)33-29(11-12-32-18-4-1-3-15(13-18)14-26)20(30)17-7-5-16(6-8-17)19-27-9-2-10-28-19/h1,3-8,13H,2,9-12H2,(H,27,28). The molecule has 0 fully saturated rings. The molecule has 33 heavy (non-hydrogen) atoms. The molecule has 11 heteroatoms. The van der Waals surface area contributed by atoms with E-state index in [-0.39, 0.29) is 17.9 Å². The molecule has 0 spiro atoms. The van der Waals surface area contributed by atoms with Crippen LogP contribution < -0.4 is 10.1 Å². The molecule has 3 rings (SSSR count). The van der Waals surface area contributed by atoms with E-state index in [1.807, 2.05) is 6.07 Å². The molecule has 0 saturated carbocycles. The smallest absolute Gasteiger partial charge is 0.492 e. The number of amides is 1. The number of hydrogen-bond donors (Lipinski definition) is 1. The zero-order valence-corrected chi connectivity index (χ0v) is 17.3. The van der Waals surface area contributed by atoms with Crippen molar-refractivity contribution in [3.63, 3.8) is 0 Å². The second-order valence-corrected chi connectivity index (χ2v) is 6.86. The lowest BCUT2D eigenvalue weighted by Crippen LogP contribution is -2.40. The van der Waals surface area contributed by atoms with Crippen molar-refractivity contribution >= 4 is 17.7 Å². The summed E-state index contributed by atoms with van der Waals surface area (Å²) in [7, 11) is 0. The van der Waals surface area contributed by atoms with Gasteiger partial charge in [-0.05, 0) is 36.8 Å². The van der Waals surface area contributed by atoms with Crippen LogP contribution in [0.25, 0.3) is 0 Å². The van der Waals surface area contributed by atoms with E-state index in [0.29, 0.717) is 28.6 Å². The topological polar surface area (TPSA) is 104 Å². The van der Waals surface area contributed by atoms with E-state index < -0.39 is 24.6 Å². The van der Waals surface area contributed by atoms with Gasteiger partial charge in [-0.25, -0.2) is 4.79 Å². The number of carbonyl (C=O) groups excluding carboxylic acids is 2. The normalized spacial score (nSPS) is 13.2. The van der Waals surface area contributed by atoms with Crippen LogP contribution in [0, 0.1) is 11.3 Å². The largest absolute Gasteiger partial charge is 0.493 e. The molecule has 1 heterocycles. The Morgan fingerprint density at radius 1 is 1.18 bits per heavy atom. The Morgan fingerprint density at radius 3 is 2.58 bits per heavy atom. The number of nitrogens with zero attached hydrogens (tertiary/aromatic N) is 3. The van der Waals surface area contributed by atoms with Gasteiger partial charge < -0.3 is 14.9 Å². The van der Waals surface area contributed by atoms with Gasteiger partial charge in [-0.15, -0.1) is 0 Å². The first-order chi connectivity index (χ1) is 15.8. The molecule has 0 atom stereocenters. The number of alkyl halides is 3. The van der Waals surface area contributed by atoms with Crippen molar-refractivity contribution in [2.45, 2.75) is 12.6 Å². The van der Waals surface area contributed by atoms with Crippen molar-refractivity contribution < 1.29 is 32.3 Å². The third kappa shape index (κ3) is 6.46. The predicted molar refractivity (Wildman–Crippen MR) is 110 cm³/mol. The van der Waals surface area contributed by atoms with Gasteiger partial charge in [0.05, 0.1) is 18.2 Å². The molecule has 1 aliphatic rings. The lowest BCUT2D eigenvalue weighted by Gasteiger charge is -2.22. The highest BCUT2D eigenvalue weighted by Crippen LogP contribution is 2.19. The molecule has 0 radical (unpaired) electrons. The highest BCUT2D eigenvalue weighted by atomic mass is 19.4. The second kappa shape index (κ2) is 10.5. The molecule has 2 aromatic carbocycles. The Bertz CT molecular complexity index is 1080. The molecule has 0 aromatic heterocycles. The summed E-state index contributed by atoms with van der Waals surface area (Å²) >= 11 is 0. The minimum atomic E-state index is -5.28. The fourth-order valence-corrected chi connectivity index (χ4v) is 2.88. The van der Waals surface area contributed by atoms with Crippen molar-refractivity contribution in [1.82, 2.24) is 10.4 Å². The Morgan fingerprint density at radius 2 is 1.94 bits per heavy atom. The Labute approximate surface area is 187 Å². The Kier molecular flexibility index (Phi) is 7.50. The number of aliphatic imine (C=N–C) groups is 1. The van der Waals surface area contributed by atoms with E-state index in [2.05, 4.69) is 15.1 Å². The molecular formula is C22H19F3N4O4. The Hall–Kier alpha value is -4.07. The van der Waals surface area contributed by atoms with Gasteiger partial charge in [0.15, 0.2) is 0 Å². The summed E-state index contributed by atoms with van der Waals surface area (Å²) in [5.74, 6) is -2.55. The van der Waals surface area contributed by atoms with Crippen LogP contribution in [-0.4, -0.2) is 55.2 Å². The highest BCUT2D eigenvalue weighted by molar-refractivity contribution is 6.00. The minimum Gasteiger partial charge on any atom is -0.492 e. The van der Waals surface area contributed by atoms with Crippen LogP contribution in [-0.2, 0) is 9.63 Å². The number of nitriles is 1. The molecule has 0 saturated heterocycles. The fourth-order valence-electron chi connectivity index (χ4n) is 2.88. The van der Waals surface area contributed by atoms with E-state index in [4.69, 9.17) is 10.00 Å². The predicted octanol–water partition coefficient (Wildman–Crippen LogP) is 2.84. The molecule has 0 unspecified atom stereocenters. The average Bonchev–Trinajstić information content (AvgIpc) is 2.83. The monoisotopic (exact) mass is 460 g/mol. The number of hydroxylamine groups is 2. The van der Waals surface area contributed by atoms with Gasteiger partial charge in [-0.2, -0.15) is 23.5 Å². The molecule has 0 bridgehead atoms. The molecular weight excluding hydrogens is 441 g/mol. The van der Waals surface area contributed by atoms with Crippen molar-refractivity contribution in [3.05, 3.63) is 65.2 Å². The van der Waals surface area contributed by atoms with E-state index >= 15 is 0 Å². The third-order valence-electron chi connectivity index (χ3n) is 4.48. The fraction of sp³-hybridized carbons (Fsp3) is 0.273. The summed E-state index contributed by atoms with van der Waals surface area (Å²) in [6.07, 6.45) is -4.38. The number of benzene rings is 2. The average molecular weight is 460 g/mol. The number of carbonyl (C=O) groups is 2. The van der Waals surface area contributed by atoms with Crippen LogP contribution in [0.4, 0.5) is 13.2 Å². The summed E-state index contributed by atoms with van der Waals surface area (Å²) in [5, 5.41) is 12.3. The highest BCUT2D eigenvalue weighted by Gasteiger charge is 2.43. The summed E-state index contributed by atoms with van der Waals surface area (Å²) in [6, 6.07) is 14.0. The van der Waals surface area contributed by atoms with Crippen LogP contribution in [0.3, 0.4) is 0 Å². The first-order valence-corrected chi connectivity index (χ1v) is 9.90. The molecule has 2 aromatic rings. The Balaban J connectivity index is 1.72. The quantitative estimate of drug-likeness (QED) is 0.665. The second-order valence-electron chi connectivity index (χ2n) is 6.86. The molecule has 1 aliphatic heterocycles. The molecule has 0 aliphatic carbocycles. The van der Waals surface area contributed by atoms with Crippen molar-refractivity contribution in [3.8, 4) is 11.8 Å². The van der Waals surface area contributed by atoms with E-state index in [9.17, 15) is 22.8 Å². The van der Waals surface area contributed by atoms with Gasteiger partial charge in [0.25, 0.3) is 5.91 Å². The molecule has 1 amide bonds. The minimum absolute atomic E-state index is 0.0108. The summed E-state index contributed by atoms with van der Waals surface area (Å²) < 4.78 is 43.5. The van der Waals surface area contributed by atoms with E-state index in [1.165, 1.54) is 24.3 Å². The van der Waals surface area contributed by atoms with Gasteiger partial charge in [0, 0.05) is 24.2 Å². The lowest BCUT2D eigenvalue weighted by atomic mass is 10.1. The zero-order chi connectivity index (χ0) is 23.8. The first-order valence-electron chi connectivity index (χ1n) is 9.90. The summed E-state index contributed by atoms with van der Waals surface area (Å²) in [5.41, 5.74) is 1.04. The van der Waals surface area contributed by atoms with E-state index in [1.54, 1.807) is 24.3 Å². The number of nitrogens with one attached hydrogen (secondary N) is 1. The van der Waals surface area contributed by atoms with Crippen molar-refractivity contribution in [1.29, 1.82) is 5.26 Å². The molecule has 1 N–H and O–H groups in total. The SMILES string of the molecule is N#Cc1cccc(OCCN(OC(=O)C(F)(F)F)C(=O)c2ccc(C3=NCCCN3)cc2)c1. The maximum absolute atomic E-state index is 12.8. The third-order valence-corrected chi connectivity index (χ3v) is 4.48. The van der Waals surface area contributed by atoms with Crippen LogP contribution in [0.15, 0.2) is 53.5 Å². The van der Waals surface area contributed by atoms with Gasteiger partial charge in [0.1, 0.15) is 18.2 Å². The zero-order valence-electron chi connectivity index (χ0n) is 17.3. The van der Waals surface area contributed by atoms with Gasteiger partial charge in [-0.1, -0.05) is 18.2 Å². The number of rotatable bonds is 6. The maximum Gasteiger partial charge on any atom is 0.493 e. The number of amidine groups is 1. The van der Waals surface area contributed by atoms with Crippen LogP contribution >= 0.6 is 0 Å². The van der Waals surface area contributed by atoms with Gasteiger partial charge >= 0.3 is 12.1 Å². The van der Waals surface area contributed by atoms with Crippen LogP contribution in [0.5, 0.6) is 5.75 Å². The van der Waals surface area contributed by atoms with Gasteiger partial charge in [-0.3, -0.25) is 9.79 Å². The van der Waals surface area contributed by atoms with Crippen molar-refractivity contribution in [2.75, 3.05) is 26.2 Å². The summed E-state index contributed by atoms with van der Waals surface area (Å²) in [4.78, 5) is 32.8. The number of hydrogen-bond acceptors (Lipinski definition) is 7. The maximum atomic E-state index is 12.8. The van der Waals surface area contributed by atoms with Crippen LogP contribution in [0.2, 0.25) is 0 Å². The lowest BCUT2D eigenvalue weighted by molar-refractivity contribution is -0.229. The first kappa shape index (κ1) is 23.6. The van der Waals surface area contributed by atoms with Crippen LogP contribution in [0.1, 0.15) is 27.9 Å². The van der Waals surface area contributed by atoms with Gasteiger partial charge in [0.2, 0.25) is 0 Å². The molecule has 172 valence electrons. The van der Waals surface area contributed by atoms with E-state index in [0.717, 1.165) is 13.0 Å². The number of ether oxygens (including phenoxy) is 1. The molecule has 8 nitrogen and oxygen atoms in total. The van der Waals surface area contributed by atoms with Crippen molar-refractivity contribution in [2.24, 2.45) is 4.99 Å². The number of halogens is 3. The summed E-state index contributed by atoms with van der Waals surface area (Å²) in [6.45, 7) is 0.664.